The molecule has 1 aromatic rings. The van der Waals surface area contributed by atoms with Crippen LogP contribution in [0.2, 0.25) is 0 Å². The van der Waals surface area contributed by atoms with Crippen molar-refractivity contribution in [2.75, 3.05) is 11.4 Å². The SMILES string of the molecule is CC1CC(NC(=O)OC(C)(C)C)CCN1c1ncccc1C#N. The normalized spacial score (nSPS) is 21.4. The Bertz CT molecular complexity index is 603. The molecule has 0 spiro atoms. The molecule has 1 aromatic heterocycles. The third-order valence-corrected chi connectivity index (χ3v) is 3.78. The summed E-state index contributed by atoms with van der Waals surface area (Å²) in [5.41, 5.74) is 0.0874. The number of alkyl carbamates (subject to hydrolysis) is 1. The topological polar surface area (TPSA) is 78.2 Å². The lowest BCUT2D eigenvalue weighted by atomic mass is 9.98. The Morgan fingerprint density at radius 2 is 2.26 bits per heavy atom. The van der Waals surface area contributed by atoms with Gasteiger partial charge in [-0.25, -0.2) is 9.78 Å². The number of rotatable bonds is 2. The molecule has 2 rings (SSSR count). The van der Waals surface area contributed by atoms with Crippen molar-refractivity contribution in [1.29, 1.82) is 5.26 Å². The van der Waals surface area contributed by atoms with Crippen LogP contribution in [0.25, 0.3) is 0 Å². The number of ether oxygens (including phenoxy) is 1. The maximum Gasteiger partial charge on any atom is 0.407 e. The number of carbonyl (C=O) groups is 1. The van der Waals surface area contributed by atoms with Crippen LogP contribution in [0.1, 0.15) is 46.1 Å². The van der Waals surface area contributed by atoms with Gasteiger partial charge in [0.05, 0.1) is 5.56 Å². The number of nitrogens with zero attached hydrogens (tertiary/aromatic N) is 3. The summed E-state index contributed by atoms with van der Waals surface area (Å²) in [5.74, 6) is 0.721. The summed E-state index contributed by atoms with van der Waals surface area (Å²) >= 11 is 0. The fourth-order valence-corrected chi connectivity index (χ4v) is 2.81. The van der Waals surface area contributed by atoms with Crippen molar-refractivity contribution in [3.63, 3.8) is 0 Å². The van der Waals surface area contributed by atoms with Gasteiger partial charge in [0.1, 0.15) is 17.5 Å². The average molecular weight is 316 g/mol. The summed E-state index contributed by atoms with van der Waals surface area (Å²) < 4.78 is 5.30. The third kappa shape index (κ3) is 4.59. The first-order chi connectivity index (χ1) is 10.8. The second kappa shape index (κ2) is 6.86. The van der Waals surface area contributed by atoms with Gasteiger partial charge in [-0.1, -0.05) is 0 Å². The van der Waals surface area contributed by atoms with Gasteiger partial charge >= 0.3 is 6.09 Å². The summed E-state index contributed by atoms with van der Waals surface area (Å²) in [4.78, 5) is 18.4. The lowest BCUT2D eigenvalue weighted by Gasteiger charge is -2.39. The maximum absolute atomic E-state index is 11.9. The minimum atomic E-state index is -0.494. The van der Waals surface area contributed by atoms with E-state index in [2.05, 4.69) is 28.2 Å². The van der Waals surface area contributed by atoms with Crippen molar-refractivity contribution in [2.24, 2.45) is 0 Å². The molecule has 1 aliphatic heterocycles. The molecule has 0 saturated carbocycles. The molecular formula is C17H24N4O2. The van der Waals surface area contributed by atoms with Crippen LogP contribution in [-0.4, -0.2) is 35.3 Å². The predicted octanol–water partition coefficient (Wildman–Crippen LogP) is 2.84. The minimum Gasteiger partial charge on any atom is -0.444 e. The van der Waals surface area contributed by atoms with Crippen LogP contribution in [0, 0.1) is 11.3 Å². The molecule has 2 heterocycles. The molecule has 0 bridgehead atoms. The van der Waals surface area contributed by atoms with Crippen molar-refractivity contribution in [1.82, 2.24) is 10.3 Å². The standard InChI is InChI=1S/C17H24N4O2/c1-12-10-14(20-16(22)23-17(2,3)4)7-9-21(12)15-13(11-18)6-5-8-19-15/h5-6,8,12,14H,7,9-10H2,1-4H3,(H,20,22). The Hall–Kier alpha value is -2.29. The predicted molar refractivity (Wildman–Crippen MR) is 88.2 cm³/mol. The molecular weight excluding hydrogens is 292 g/mol. The smallest absolute Gasteiger partial charge is 0.407 e. The van der Waals surface area contributed by atoms with Crippen molar-refractivity contribution < 1.29 is 9.53 Å². The van der Waals surface area contributed by atoms with Crippen LogP contribution >= 0.6 is 0 Å². The molecule has 1 N–H and O–H groups in total. The van der Waals surface area contributed by atoms with Crippen molar-refractivity contribution in [3.8, 4) is 6.07 Å². The van der Waals surface area contributed by atoms with E-state index in [1.54, 1.807) is 18.3 Å². The molecule has 0 radical (unpaired) electrons. The Balaban J connectivity index is 1.98. The van der Waals surface area contributed by atoms with Crippen molar-refractivity contribution >= 4 is 11.9 Å². The van der Waals surface area contributed by atoms with Gasteiger partial charge in [0, 0.05) is 24.8 Å². The number of anilines is 1. The van der Waals surface area contributed by atoms with E-state index in [-0.39, 0.29) is 18.2 Å². The Morgan fingerprint density at radius 1 is 1.52 bits per heavy atom. The molecule has 124 valence electrons. The van der Waals surface area contributed by atoms with E-state index in [4.69, 9.17) is 4.74 Å². The number of amides is 1. The number of pyridine rings is 1. The molecule has 1 saturated heterocycles. The maximum atomic E-state index is 11.9. The lowest BCUT2D eigenvalue weighted by molar-refractivity contribution is 0.0494. The van der Waals surface area contributed by atoms with Crippen molar-refractivity contribution in [3.05, 3.63) is 23.9 Å². The molecule has 0 aromatic carbocycles. The van der Waals surface area contributed by atoms with Crippen LogP contribution in [0.5, 0.6) is 0 Å². The largest absolute Gasteiger partial charge is 0.444 e. The molecule has 1 amide bonds. The first-order valence-electron chi connectivity index (χ1n) is 7.91. The first-order valence-corrected chi connectivity index (χ1v) is 7.91. The minimum absolute atomic E-state index is 0.0744. The monoisotopic (exact) mass is 316 g/mol. The number of nitriles is 1. The number of piperidine rings is 1. The van der Waals surface area contributed by atoms with Gasteiger partial charge in [-0.05, 0) is 52.7 Å². The van der Waals surface area contributed by atoms with Gasteiger partial charge in [0.15, 0.2) is 0 Å². The number of carbonyl (C=O) groups excluding carboxylic acids is 1. The molecule has 6 nitrogen and oxygen atoms in total. The van der Waals surface area contributed by atoms with Crippen LogP contribution in [0.4, 0.5) is 10.6 Å². The first kappa shape index (κ1) is 17.1. The fourth-order valence-electron chi connectivity index (χ4n) is 2.81. The highest BCUT2D eigenvalue weighted by Crippen LogP contribution is 2.25. The van der Waals surface area contributed by atoms with Gasteiger partial charge < -0.3 is 15.0 Å². The van der Waals surface area contributed by atoms with Crippen LogP contribution in [0.3, 0.4) is 0 Å². The van der Waals surface area contributed by atoms with E-state index in [0.717, 1.165) is 25.2 Å². The van der Waals surface area contributed by atoms with Gasteiger partial charge in [0.25, 0.3) is 0 Å². The zero-order valence-corrected chi connectivity index (χ0v) is 14.2. The summed E-state index contributed by atoms with van der Waals surface area (Å²) in [7, 11) is 0. The number of nitrogens with one attached hydrogen (secondary N) is 1. The zero-order chi connectivity index (χ0) is 17.0. The lowest BCUT2D eigenvalue weighted by Crippen LogP contribution is -2.50. The molecule has 2 unspecified atom stereocenters. The second-order valence-corrected chi connectivity index (χ2v) is 6.90. The van der Waals surface area contributed by atoms with E-state index >= 15 is 0 Å². The number of hydrogen-bond acceptors (Lipinski definition) is 5. The summed E-state index contributed by atoms with van der Waals surface area (Å²) in [6, 6.07) is 5.99. The second-order valence-electron chi connectivity index (χ2n) is 6.90. The molecule has 1 aliphatic rings. The molecule has 2 atom stereocenters. The summed E-state index contributed by atoms with van der Waals surface area (Å²) in [5, 5.41) is 12.2. The van der Waals surface area contributed by atoms with E-state index in [9.17, 15) is 10.1 Å². The highest BCUT2D eigenvalue weighted by atomic mass is 16.6. The summed E-state index contributed by atoms with van der Waals surface area (Å²) in [6.45, 7) is 8.37. The van der Waals surface area contributed by atoms with E-state index in [1.165, 1.54) is 0 Å². The van der Waals surface area contributed by atoms with Gasteiger partial charge in [-0.15, -0.1) is 0 Å². The third-order valence-electron chi connectivity index (χ3n) is 3.78. The zero-order valence-electron chi connectivity index (χ0n) is 14.2. The Morgan fingerprint density at radius 3 is 2.87 bits per heavy atom. The number of aromatic nitrogens is 1. The van der Waals surface area contributed by atoms with Crippen molar-refractivity contribution in [2.45, 2.75) is 58.2 Å². The summed E-state index contributed by atoms with van der Waals surface area (Å²) in [6.07, 6.45) is 2.92. The Kier molecular flexibility index (Phi) is 5.09. The van der Waals surface area contributed by atoms with Crippen LogP contribution in [-0.2, 0) is 4.74 Å². The fraction of sp³-hybridized carbons (Fsp3) is 0.588. The molecule has 6 heteroatoms. The van der Waals surface area contributed by atoms with Gasteiger partial charge in [0.2, 0.25) is 0 Å². The molecule has 23 heavy (non-hydrogen) atoms. The van der Waals surface area contributed by atoms with E-state index < -0.39 is 5.60 Å². The van der Waals surface area contributed by atoms with E-state index in [1.807, 2.05) is 20.8 Å². The average Bonchev–Trinajstić information content (AvgIpc) is 2.45. The molecule has 0 aliphatic carbocycles. The van der Waals surface area contributed by atoms with Crippen LogP contribution < -0.4 is 10.2 Å². The quantitative estimate of drug-likeness (QED) is 0.907. The van der Waals surface area contributed by atoms with E-state index in [0.29, 0.717) is 5.56 Å². The van der Waals surface area contributed by atoms with Gasteiger partial charge in [-0.2, -0.15) is 5.26 Å². The van der Waals surface area contributed by atoms with Crippen LogP contribution in [0.15, 0.2) is 18.3 Å². The Labute approximate surface area is 137 Å². The number of hydrogen-bond donors (Lipinski definition) is 1. The van der Waals surface area contributed by atoms with Gasteiger partial charge in [-0.3, -0.25) is 0 Å². The highest BCUT2D eigenvalue weighted by Gasteiger charge is 2.29. The highest BCUT2D eigenvalue weighted by molar-refractivity contribution is 5.68. The molecule has 1 fully saturated rings.